The molecule has 1 saturated heterocycles. The molecule has 0 spiro atoms. The lowest BCUT2D eigenvalue weighted by molar-refractivity contribution is 0.274. The van der Waals surface area contributed by atoms with Crippen molar-refractivity contribution in [3.63, 3.8) is 0 Å². The minimum absolute atomic E-state index is 0.0860. The van der Waals surface area contributed by atoms with Crippen LogP contribution in [0.1, 0.15) is 25.3 Å². The first-order valence-electron chi connectivity index (χ1n) is 6.72. The molecule has 0 N–H and O–H groups in total. The van der Waals surface area contributed by atoms with Crippen LogP contribution in [-0.4, -0.2) is 30.6 Å². The molecule has 0 aromatic heterocycles. The molecule has 1 aromatic carbocycles. The van der Waals surface area contributed by atoms with Crippen LogP contribution in [0.5, 0.6) is 0 Å². The van der Waals surface area contributed by atoms with Gasteiger partial charge in [-0.3, -0.25) is 0 Å². The van der Waals surface area contributed by atoms with E-state index in [0.29, 0.717) is 29.4 Å². The van der Waals surface area contributed by atoms with Crippen molar-refractivity contribution in [1.82, 2.24) is 4.31 Å². The van der Waals surface area contributed by atoms with E-state index in [1.807, 2.05) is 0 Å². The van der Waals surface area contributed by atoms with Gasteiger partial charge < -0.3 is 0 Å². The first kappa shape index (κ1) is 15.9. The summed E-state index contributed by atoms with van der Waals surface area (Å²) in [6, 6.07) is 3.91. The number of hydrogen-bond acceptors (Lipinski definition) is 2. The highest BCUT2D eigenvalue weighted by atomic mass is 79.9. The number of piperidine rings is 1. The maximum Gasteiger partial charge on any atom is 0.243 e. The summed E-state index contributed by atoms with van der Waals surface area (Å²) in [5.74, 6) is -0.0202. The Morgan fingerprint density at radius 3 is 2.50 bits per heavy atom. The molecule has 3 nitrogen and oxygen atoms in total. The standard InChI is InChI=1S/C14H19BrFNO2S/c1-10-3-4-13(16)9-14(10)20(18,19)17-7-5-12(6-8-17)11(2)15/h3-4,9,11-12H,5-8H2,1-2H3. The Labute approximate surface area is 128 Å². The lowest BCUT2D eigenvalue weighted by Gasteiger charge is -2.32. The Bertz CT molecular complexity index is 581. The molecule has 0 saturated carbocycles. The summed E-state index contributed by atoms with van der Waals surface area (Å²) in [7, 11) is -3.59. The van der Waals surface area contributed by atoms with Crippen molar-refractivity contribution in [2.75, 3.05) is 13.1 Å². The third-order valence-corrected chi connectivity index (χ3v) is 6.70. The van der Waals surface area contributed by atoms with Gasteiger partial charge in [0.05, 0.1) is 4.90 Å². The van der Waals surface area contributed by atoms with Crippen LogP contribution in [0.25, 0.3) is 0 Å². The van der Waals surface area contributed by atoms with Crippen LogP contribution < -0.4 is 0 Å². The van der Waals surface area contributed by atoms with Crippen molar-refractivity contribution in [2.45, 2.75) is 36.4 Å². The first-order valence-corrected chi connectivity index (χ1v) is 9.08. The fraction of sp³-hybridized carbons (Fsp3) is 0.571. The molecule has 1 aliphatic rings. The third-order valence-electron chi connectivity index (χ3n) is 3.92. The molecule has 0 aliphatic carbocycles. The van der Waals surface area contributed by atoms with Crippen LogP contribution in [-0.2, 0) is 10.0 Å². The van der Waals surface area contributed by atoms with Gasteiger partial charge in [-0.1, -0.05) is 28.9 Å². The van der Waals surface area contributed by atoms with Gasteiger partial charge in [0.2, 0.25) is 10.0 Å². The van der Waals surface area contributed by atoms with E-state index >= 15 is 0 Å². The summed E-state index contributed by atoms with van der Waals surface area (Å²) in [6.07, 6.45) is 1.67. The normalized spacial score (nSPS) is 20.0. The van der Waals surface area contributed by atoms with E-state index in [1.54, 1.807) is 6.92 Å². The zero-order chi connectivity index (χ0) is 14.9. The maximum atomic E-state index is 13.3. The second-order valence-electron chi connectivity index (χ2n) is 5.33. The van der Waals surface area contributed by atoms with Crippen molar-refractivity contribution < 1.29 is 12.8 Å². The molecule has 0 radical (unpaired) electrons. The second-order valence-corrected chi connectivity index (χ2v) is 8.68. The monoisotopic (exact) mass is 363 g/mol. The fourth-order valence-corrected chi connectivity index (χ4v) is 4.80. The van der Waals surface area contributed by atoms with Gasteiger partial charge >= 0.3 is 0 Å². The van der Waals surface area contributed by atoms with Crippen molar-refractivity contribution >= 4 is 26.0 Å². The van der Waals surface area contributed by atoms with Crippen LogP contribution in [0.15, 0.2) is 23.1 Å². The number of hydrogen-bond donors (Lipinski definition) is 0. The summed E-state index contributed by atoms with van der Waals surface area (Å²) >= 11 is 3.55. The largest absolute Gasteiger partial charge is 0.243 e. The number of halogens is 2. The van der Waals surface area contributed by atoms with Crippen LogP contribution in [0, 0.1) is 18.7 Å². The summed E-state index contributed by atoms with van der Waals surface area (Å²) in [5, 5.41) is 0. The molecule has 0 bridgehead atoms. The number of nitrogens with zero attached hydrogens (tertiary/aromatic N) is 1. The molecule has 6 heteroatoms. The van der Waals surface area contributed by atoms with Crippen LogP contribution >= 0.6 is 15.9 Å². The predicted octanol–water partition coefficient (Wildman–Crippen LogP) is 3.32. The zero-order valence-corrected chi connectivity index (χ0v) is 14.0. The summed E-state index contributed by atoms with van der Waals surface area (Å²) in [4.78, 5) is 0.478. The van der Waals surface area contributed by atoms with Crippen LogP contribution in [0.3, 0.4) is 0 Å². The smallest absolute Gasteiger partial charge is 0.207 e. The number of sulfonamides is 1. The lowest BCUT2D eigenvalue weighted by Crippen LogP contribution is -2.40. The number of aryl methyl sites for hydroxylation is 1. The SMILES string of the molecule is Cc1ccc(F)cc1S(=O)(=O)N1CCC(C(C)Br)CC1. The van der Waals surface area contributed by atoms with Crippen molar-refractivity contribution in [1.29, 1.82) is 0 Å². The third kappa shape index (κ3) is 3.23. The molecular formula is C14H19BrFNO2S. The van der Waals surface area contributed by atoms with E-state index in [2.05, 4.69) is 22.9 Å². The maximum absolute atomic E-state index is 13.3. The van der Waals surface area contributed by atoms with Gasteiger partial charge in [0.15, 0.2) is 0 Å². The quantitative estimate of drug-likeness (QED) is 0.772. The highest BCUT2D eigenvalue weighted by molar-refractivity contribution is 9.09. The van der Waals surface area contributed by atoms with Crippen LogP contribution in [0.2, 0.25) is 0 Å². The van der Waals surface area contributed by atoms with E-state index in [0.717, 1.165) is 18.9 Å². The van der Waals surface area contributed by atoms with E-state index in [9.17, 15) is 12.8 Å². The van der Waals surface area contributed by atoms with Crippen molar-refractivity contribution in [2.24, 2.45) is 5.92 Å². The van der Waals surface area contributed by atoms with Gasteiger partial charge in [0.1, 0.15) is 5.82 Å². The molecular weight excluding hydrogens is 345 g/mol. The molecule has 112 valence electrons. The Hall–Kier alpha value is -0.460. The Morgan fingerprint density at radius 1 is 1.35 bits per heavy atom. The van der Waals surface area contributed by atoms with E-state index < -0.39 is 15.8 Å². The first-order chi connectivity index (χ1) is 9.32. The summed E-state index contributed by atoms with van der Waals surface area (Å²) in [5.41, 5.74) is 0.586. The highest BCUT2D eigenvalue weighted by Gasteiger charge is 2.31. The zero-order valence-electron chi connectivity index (χ0n) is 11.6. The Morgan fingerprint density at radius 2 is 1.95 bits per heavy atom. The molecule has 2 rings (SSSR count). The fourth-order valence-electron chi connectivity index (χ4n) is 2.57. The van der Waals surface area contributed by atoms with Gasteiger partial charge in [-0.15, -0.1) is 0 Å². The highest BCUT2D eigenvalue weighted by Crippen LogP contribution is 2.29. The van der Waals surface area contributed by atoms with Gasteiger partial charge in [-0.2, -0.15) is 4.31 Å². The van der Waals surface area contributed by atoms with Crippen LogP contribution in [0.4, 0.5) is 4.39 Å². The molecule has 0 amide bonds. The summed E-state index contributed by atoms with van der Waals surface area (Å²) in [6.45, 7) is 4.78. The molecule has 1 unspecified atom stereocenters. The minimum Gasteiger partial charge on any atom is -0.207 e. The number of rotatable bonds is 3. The Kier molecular flexibility index (Phi) is 4.87. The average molecular weight is 364 g/mol. The topological polar surface area (TPSA) is 37.4 Å². The molecule has 1 atom stereocenters. The Balaban J connectivity index is 2.22. The van der Waals surface area contributed by atoms with E-state index in [-0.39, 0.29) is 4.90 Å². The van der Waals surface area contributed by atoms with E-state index in [1.165, 1.54) is 16.4 Å². The minimum atomic E-state index is -3.59. The molecule has 1 aliphatic heterocycles. The second kappa shape index (κ2) is 6.12. The lowest BCUT2D eigenvalue weighted by atomic mass is 9.96. The van der Waals surface area contributed by atoms with Gasteiger partial charge in [-0.25, -0.2) is 12.8 Å². The van der Waals surface area contributed by atoms with Crippen molar-refractivity contribution in [3.8, 4) is 0 Å². The predicted molar refractivity (Wildman–Crippen MR) is 81.0 cm³/mol. The van der Waals surface area contributed by atoms with Gasteiger partial charge in [-0.05, 0) is 43.4 Å². The molecule has 1 aromatic rings. The number of benzene rings is 1. The van der Waals surface area contributed by atoms with Gasteiger partial charge in [0.25, 0.3) is 0 Å². The van der Waals surface area contributed by atoms with Gasteiger partial charge in [0, 0.05) is 17.9 Å². The molecule has 1 heterocycles. The average Bonchev–Trinajstić information content (AvgIpc) is 2.41. The molecule has 20 heavy (non-hydrogen) atoms. The van der Waals surface area contributed by atoms with E-state index in [4.69, 9.17) is 0 Å². The number of alkyl halides is 1. The summed E-state index contributed by atoms with van der Waals surface area (Å²) < 4.78 is 40.0. The molecule has 1 fully saturated rings. The van der Waals surface area contributed by atoms with Crippen molar-refractivity contribution in [3.05, 3.63) is 29.6 Å².